The molecule has 0 aliphatic carbocycles. The van der Waals surface area contributed by atoms with Crippen LogP contribution in [0.25, 0.3) is 0 Å². The molecule has 0 heterocycles. The number of hydrogen-bond acceptors (Lipinski definition) is 4. The molecule has 0 aromatic carbocycles. The van der Waals surface area contributed by atoms with Gasteiger partial charge in [0, 0.05) is 6.04 Å². The molecule has 0 saturated carbocycles. The van der Waals surface area contributed by atoms with Crippen LogP contribution < -0.4 is 5.32 Å². The van der Waals surface area contributed by atoms with E-state index in [4.69, 9.17) is 0 Å². The predicted octanol–water partition coefficient (Wildman–Crippen LogP) is 2.45. The van der Waals surface area contributed by atoms with Crippen molar-refractivity contribution in [3.05, 3.63) is 21.3 Å². The van der Waals surface area contributed by atoms with Crippen LogP contribution in [0.4, 0.5) is 0 Å². The lowest BCUT2D eigenvalue weighted by atomic mass is 9.88. The molecule has 0 rings (SSSR count). The van der Waals surface area contributed by atoms with Crippen molar-refractivity contribution in [1.29, 1.82) is 0 Å². The summed E-state index contributed by atoms with van der Waals surface area (Å²) in [6.07, 6.45) is 2.82. The molecule has 0 aromatic heterocycles. The Balaban J connectivity index is 4.41. The van der Waals surface area contributed by atoms with E-state index in [0.29, 0.717) is 5.03 Å². The smallest absolute Gasteiger partial charge is 0.263 e. The molecular weight excluding hydrogens is 200 g/mol. The van der Waals surface area contributed by atoms with Crippen molar-refractivity contribution in [1.82, 2.24) is 5.32 Å². The highest BCUT2D eigenvalue weighted by atomic mass is 32.2. The van der Waals surface area contributed by atoms with Crippen LogP contribution in [0.2, 0.25) is 0 Å². The average Bonchev–Trinajstić information content (AvgIpc) is 2.00. The molecule has 0 spiro atoms. The topological polar surface area (TPSA) is 55.2 Å². The first-order chi connectivity index (χ1) is 6.27. The van der Waals surface area contributed by atoms with Gasteiger partial charge in [0.2, 0.25) is 0 Å². The molecule has 14 heavy (non-hydrogen) atoms. The van der Waals surface area contributed by atoms with Crippen molar-refractivity contribution < 1.29 is 4.92 Å². The molecule has 0 bridgehead atoms. The Morgan fingerprint density at radius 3 is 2.36 bits per heavy atom. The third kappa shape index (κ3) is 5.11. The van der Waals surface area contributed by atoms with E-state index < -0.39 is 4.92 Å². The lowest BCUT2D eigenvalue weighted by Crippen LogP contribution is -2.36. The molecule has 0 fully saturated rings. The minimum absolute atomic E-state index is 0.0887. The second-order valence-corrected chi connectivity index (χ2v) is 5.06. The van der Waals surface area contributed by atoms with Crippen LogP contribution in [0.1, 0.15) is 27.7 Å². The SMILES string of the molecule is CS/C(=C\[N+](=O)[O-])NC(C)C(C)(C)C. The second-order valence-electron chi connectivity index (χ2n) is 4.21. The number of nitro groups is 1. The Labute approximate surface area is 89.3 Å². The summed E-state index contributed by atoms with van der Waals surface area (Å²) >= 11 is 1.35. The number of nitrogens with zero attached hydrogens (tertiary/aromatic N) is 1. The van der Waals surface area contributed by atoms with Gasteiger partial charge in [-0.05, 0) is 18.6 Å². The maximum atomic E-state index is 10.3. The van der Waals surface area contributed by atoms with Crippen molar-refractivity contribution in [2.24, 2.45) is 5.41 Å². The van der Waals surface area contributed by atoms with E-state index in [9.17, 15) is 10.1 Å². The summed E-state index contributed by atoms with van der Waals surface area (Å²) in [7, 11) is 0. The fraction of sp³-hybridized carbons (Fsp3) is 0.778. The highest BCUT2D eigenvalue weighted by Gasteiger charge is 2.20. The van der Waals surface area contributed by atoms with E-state index in [0.717, 1.165) is 6.20 Å². The van der Waals surface area contributed by atoms with Crippen LogP contribution in [-0.4, -0.2) is 17.2 Å². The normalized spacial score (nSPS) is 15.1. The molecule has 0 amide bonds. The van der Waals surface area contributed by atoms with Gasteiger partial charge in [0.05, 0.1) is 4.92 Å². The van der Waals surface area contributed by atoms with E-state index in [1.54, 1.807) is 0 Å². The summed E-state index contributed by atoms with van der Waals surface area (Å²) in [5.74, 6) is 0. The first-order valence-electron chi connectivity index (χ1n) is 4.43. The molecule has 5 heteroatoms. The zero-order valence-electron chi connectivity index (χ0n) is 9.33. The summed E-state index contributed by atoms with van der Waals surface area (Å²) in [6, 6.07) is 0.196. The first-order valence-corrected chi connectivity index (χ1v) is 5.65. The number of rotatable bonds is 4. The lowest BCUT2D eigenvalue weighted by Gasteiger charge is -2.28. The average molecular weight is 218 g/mol. The summed E-state index contributed by atoms with van der Waals surface area (Å²) < 4.78 is 0. The monoisotopic (exact) mass is 218 g/mol. The molecule has 1 N–H and O–H groups in total. The summed E-state index contributed by atoms with van der Waals surface area (Å²) in [6.45, 7) is 8.29. The van der Waals surface area contributed by atoms with Gasteiger partial charge in [0.25, 0.3) is 6.20 Å². The Hall–Kier alpha value is -0.710. The summed E-state index contributed by atoms with van der Waals surface area (Å²) in [5.41, 5.74) is 0.0887. The molecule has 0 aromatic rings. The molecule has 0 radical (unpaired) electrons. The van der Waals surface area contributed by atoms with Gasteiger partial charge in [-0.2, -0.15) is 0 Å². The quantitative estimate of drug-likeness (QED) is 0.581. The van der Waals surface area contributed by atoms with E-state index >= 15 is 0 Å². The lowest BCUT2D eigenvalue weighted by molar-refractivity contribution is -0.403. The van der Waals surface area contributed by atoms with Crippen LogP contribution in [0.5, 0.6) is 0 Å². The van der Waals surface area contributed by atoms with E-state index in [1.807, 2.05) is 13.2 Å². The molecule has 1 unspecified atom stereocenters. The zero-order valence-corrected chi connectivity index (χ0v) is 10.1. The van der Waals surface area contributed by atoms with Crippen molar-refractivity contribution >= 4 is 11.8 Å². The summed E-state index contributed by atoms with van der Waals surface area (Å²) in [5, 5.41) is 14.0. The van der Waals surface area contributed by atoms with Gasteiger partial charge in [0.1, 0.15) is 5.03 Å². The Kier molecular flexibility index (Phi) is 4.97. The fourth-order valence-corrected chi connectivity index (χ4v) is 1.16. The van der Waals surface area contributed by atoms with E-state index in [2.05, 4.69) is 26.1 Å². The van der Waals surface area contributed by atoms with Gasteiger partial charge in [-0.25, -0.2) is 0 Å². The largest absolute Gasteiger partial charge is 0.372 e. The van der Waals surface area contributed by atoms with Crippen molar-refractivity contribution in [3.63, 3.8) is 0 Å². The molecule has 82 valence electrons. The molecule has 0 aliphatic heterocycles. The minimum atomic E-state index is -0.436. The van der Waals surface area contributed by atoms with E-state index in [-0.39, 0.29) is 11.5 Å². The van der Waals surface area contributed by atoms with Gasteiger partial charge < -0.3 is 5.32 Å². The highest BCUT2D eigenvalue weighted by molar-refractivity contribution is 8.02. The fourth-order valence-electron chi connectivity index (χ4n) is 0.675. The standard InChI is InChI=1S/C9H18N2O2S/c1-7(9(2,3)4)10-8(14-5)6-11(12)13/h6-7,10H,1-5H3/b8-6-. The third-order valence-electron chi connectivity index (χ3n) is 2.10. The van der Waals surface area contributed by atoms with Gasteiger partial charge in [-0.1, -0.05) is 20.8 Å². The number of nitrogens with one attached hydrogen (secondary N) is 1. The molecule has 4 nitrogen and oxygen atoms in total. The highest BCUT2D eigenvalue weighted by Crippen LogP contribution is 2.21. The second kappa shape index (κ2) is 5.24. The van der Waals surface area contributed by atoms with E-state index in [1.165, 1.54) is 11.8 Å². The Morgan fingerprint density at radius 1 is 1.57 bits per heavy atom. The zero-order chi connectivity index (χ0) is 11.4. The Bertz CT molecular complexity index is 233. The van der Waals surface area contributed by atoms with Crippen molar-refractivity contribution in [2.45, 2.75) is 33.7 Å². The molecule has 1 atom stereocenters. The summed E-state index contributed by atoms with van der Waals surface area (Å²) in [4.78, 5) is 9.84. The minimum Gasteiger partial charge on any atom is -0.372 e. The molecular formula is C9H18N2O2S. The van der Waals surface area contributed by atoms with Gasteiger partial charge >= 0.3 is 0 Å². The van der Waals surface area contributed by atoms with Crippen LogP contribution in [0.15, 0.2) is 11.2 Å². The Morgan fingerprint density at radius 2 is 2.07 bits per heavy atom. The van der Waals surface area contributed by atoms with Crippen LogP contribution >= 0.6 is 11.8 Å². The molecule has 0 saturated heterocycles. The number of thioether (sulfide) groups is 1. The third-order valence-corrected chi connectivity index (χ3v) is 2.76. The van der Waals surface area contributed by atoms with Crippen LogP contribution in [0.3, 0.4) is 0 Å². The van der Waals surface area contributed by atoms with Gasteiger partial charge in [0.15, 0.2) is 0 Å². The van der Waals surface area contributed by atoms with Gasteiger partial charge in [-0.3, -0.25) is 10.1 Å². The maximum Gasteiger partial charge on any atom is 0.263 e. The number of hydrogen-bond donors (Lipinski definition) is 1. The van der Waals surface area contributed by atoms with Crippen molar-refractivity contribution in [2.75, 3.05) is 6.26 Å². The van der Waals surface area contributed by atoms with Gasteiger partial charge in [-0.15, -0.1) is 11.8 Å². The van der Waals surface area contributed by atoms with Crippen LogP contribution in [-0.2, 0) is 0 Å². The van der Waals surface area contributed by atoms with Crippen LogP contribution in [0, 0.1) is 15.5 Å². The predicted molar refractivity (Wildman–Crippen MR) is 60.6 cm³/mol. The van der Waals surface area contributed by atoms with Crippen molar-refractivity contribution in [3.8, 4) is 0 Å². The first kappa shape index (κ1) is 13.3. The maximum absolute atomic E-state index is 10.3. The molecule has 0 aliphatic rings.